The molecule has 0 saturated heterocycles. The van der Waals surface area contributed by atoms with E-state index < -0.39 is 13.2 Å². The molecule has 1 amide bonds. The number of nitrogens with one attached hydrogen (secondary N) is 1. The second-order valence-electron chi connectivity index (χ2n) is 2.99. The summed E-state index contributed by atoms with van der Waals surface area (Å²) in [6.07, 6.45) is 0.575. The molecule has 6 heteroatoms. The maximum Gasteiger partial charge on any atom is 0.584 e. The molecule has 0 aliphatic heterocycles. The quantitative estimate of drug-likeness (QED) is 0.457. The summed E-state index contributed by atoms with van der Waals surface area (Å²) in [5.41, 5.74) is 2.89. The van der Waals surface area contributed by atoms with Crippen LogP contribution in [-0.4, -0.2) is 19.8 Å². The fourth-order valence-electron chi connectivity index (χ4n) is 1.13. The van der Waals surface area contributed by atoms with E-state index in [2.05, 4.69) is 16.8 Å². The third kappa shape index (κ3) is 4.61. The molecule has 0 saturated carbocycles. The summed E-state index contributed by atoms with van der Waals surface area (Å²) >= 11 is 0. The van der Waals surface area contributed by atoms with Crippen molar-refractivity contribution < 1.29 is 18.9 Å². The van der Waals surface area contributed by atoms with Crippen molar-refractivity contribution in [2.75, 3.05) is 6.61 Å². The second kappa shape index (κ2) is 7.35. The van der Waals surface area contributed by atoms with Gasteiger partial charge in [0.05, 0.1) is 12.9 Å². The number of amides is 1. The van der Waals surface area contributed by atoms with Crippen molar-refractivity contribution in [3.05, 3.63) is 43.2 Å². The monoisotopic (exact) mass is 235 g/mol. The minimum absolute atomic E-state index is 0.271. The van der Waals surface area contributed by atoms with Crippen LogP contribution in [0.1, 0.15) is 6.92 Å². The Labute approximate surface area is 100 Å². The van der Waals surface area contributed by atoms with Gasteiger partial charge in [-0.2, -0.15) is 0 Å². The van der Waals surface area contributed by atoms with Crippen molar-refractivity contribution in [2.45, 2.75) is 6.92 Å². The molecule has 1 aromatic carbocycles. The highest BCUT2D eigenvalue weighted by molar-refractivity contribution is 6.61. The number of ether oxygens (including phenoxy) is 1. The fraction of sp³-hybridized carbons (Fsp3) is 0.182. The minimum atomic E-state index is -0.752. The highest BCUT2D eigenvalue weighted by Crippen LogP contribution is 1.92. The lowest BCUT2D eigenvalue weighted by Gasteiger charge is -2.12. The van der Waals surface area contributed by atoms with Crippen molar-refractivity contribution in [3.8, 4) is 0 Å². The summed E-state index contributed by atoms with van der Waals surface area (Å²) in [6, 6.07) is 9.15. The molecule has 1 rings (SSSR count). The van der Waals surface area contributed by atoms with Gasteiger partial charge in [-0.3, -0.25) is 4.76 Å². The van der Waals surface area contributed by atoms with Crippen LogP contribution in [0.3, 0.4) is 0 Å². The molecular formula is C11H14BNO4. The molecule has 0 spiro atoms. The van der Waals surface area contributed by atoms with Gasteiger partial charge in [0.15, 0.2) is 0 Å². The molecule has 5 nitrogen and oxygen atoms in total. The Bertz CT molecular complexity index is 358. The van der Waals surface area contributed by atoms with E-state index in [0.29, 0.717) is 0 Å². The Morgan fingerprint density at radius 3 is 2.76 bits per heavy atom. The zero-order valence-electron chi connectivity index (χ0n) is 9.59. The summed E-state index contributed by atoms with van der Waals surface area (Å²) in [6.45, 7) is 5.42. The molecule has 17 heavy (non-hydrogen) atoms. The summed E-state index contributed by atoms with van der Waals surface area (Å²) in [4.78, 5) is 11.0. The topological polar surface area (TPSA) is 56.8 Å². The van der Waals surface area contributed by atoms with Crippen molar-refractivity contribution in [2.24, 2.45) is 0 Å². The Balaban J connectivity index is 2.55. The van der Waals surface area contributed by atoms with Crippen molar-refractivity contribution >= 4 is 18.7 Å². The summed E-state index contributed by atoms with van der Waals surface area (Å²) < 4.78 is 14.8. The molecular weight excluding hydrogens is 221 g/mol. The van der Waals surface area contributed by atoms with Gasteiger partial charge in [0.25, 0.3) is 0 Å². The van der Waals surface area contributed by atoms with Gasteiger partial charge in [-0.25, -0.2) is 10.3 Å². The lowest BCUT2D eigenvalue weighted by atomic mass is 9.79. The number of carbonyl (C=O) groups is 1. The first-order valence-corrected chi connectivity index (χ1v) is 5.17. The molecule has 1 aromatic rings. The Morgan fingerprint density at radius 1 is 1.47 bits per heavy atom. The predicted octanol–water partition coefficient (Wildman–Crippen LogP) is 1.22. The first-order valence-electron chi connectivity index (χ1n) is 5.17. The molecule has 0 aromatic heterocycles. The van der Waals surface area contributed by atoms with Crippen LogP contribution in [0.2, 0.25) is 0 Å². The summed E-state index contributed by atoms with van der Waals surface area (Å²) in [5, 5.41) is 0. The number of hydroxylamine groups is 1. The zero-order valence-corrected chi connectivity index (χ0v) is 9.59. The first-order chi connectivity index (χ1) is 8.27. The van der Waals surface area contributed by atoms with E-state index in [0.717, 1.165) is 5.46 Å². The highest BCUT2D eigenvalue weighted by atomic mass is 16.7. The van der Waals surface area contributed by atoms with Gasteiger partial charge < -0.3 is 9.39 Å². The van der Waals surface area contributed by atoms with Gasteiger partial charge in [0, 0.05) is 0 Å². The number of rotatable bonds is 6. The van der Waals surface area contributed by atoms with E-state index in [9.17, 15) is 4.79 Å². The maximum atomic E-state index is 11.0. The molecule has 0 radical (unpaired) electrons. The minimum Gasteiger partial charge on any atom is -0.538 e. The third-order valence-electron chi connectivity index (χ3n) is 1.82. The van der Waals surface area contributed by atoms with Crippen LogP contribution < -0.4 is 10.9 Å². The largest absolute Gasteiger partial charge is 0.584 e. The molecule has 0 bridgehead atoms. The number of benzene rings is 1. The number of hydrogen-bond donors (Lipinski definition) is 1. The molecule has 0 unspecified atom stereocenters. The van der Waals surface area contributed by atoms with Crippen LogP contribution >= 0.6 is 0 Å². The summed E-state index contributed by atoms with van der Waals surface area (Å²) in [7, 11) is -0.752. The van der Waals surface area contributed by atoms with Gasteiger partial charge in [0.2, 0.25) is 0 Å². The second-order valence-corrected chi connectivity index (χ2v) is 2.99. The van der Waals surface area contributed by atoms with E-state index in [1.807, 2.05) is 18.2 Å². The maximum absolute atomic E-state index is 11.0. The Kier molecular flexibility index (Phi) is 5.67. The molecule has 90 valence electrons. The SMILES string of the molecule is C=COB(ONC(=O)OCC)c1ccccc1. The van der Waals surface area contributed by atoms with Gasteiger partial charge >= 0.3 is 13.2 Å². The van der Waals surface area contributed by atoms with Gasteiger partial charge in [-0.15, -0.1) is 0 Å². The standard InChI is InChI=1S/C11H14BNO4/c1-3-15-11(14)13-17-12(16-4-2)10-8-6-5-7-9-10/h4-9H,2-3H2,1H3,(H,13,14). The number of hydrogen-bond acceptors (Lipinski definition) is 4. The van der Waals surface area contributed by atoms with E-state index in [1.54, 1.807) is 19.1 Å². The third-order valence-corrected chi connectivity index (χ3v) is 1.82. The lowest BCUT2D eigenvalue weighted by Crippen LogP contribution is -2.42. The van der Waals surface area contributed by atoms with E-state index >= 15 is 0 Å². The Morgan fingerprint density at radius 2 is 2.18 bits per heavy atom. The van der Waals surface area contributed by atoms with Crippen molar-refractivity contribution in [1.29, 1.82) is 0 Å². The highest BCUT2D eigenvalue weighted by Gasteiger charge is 2.23. The average Bonchev–Trinajstić information content (AvgIpc) is 2.36. The van der Waals surface area contributed by atoms with Crippen LogP contribution in [0, 0.1) is 0 Å². The van der Waals surface area contributed by atoms with Crippen LogP contribution in [0.5, 0.6) is 0 Å². The molecule has 0 aliphatic carbocycles. The Hall–Kier alpha value is -1.95. The molecule has 0 fully saturated rings. The molecule has 0 aliphatic rings. The van der Waals surface area contributed by atoms with Crippen molar-refractivity contribution in [3.63, 3.8) is 0 Å². The van der Waals surface area contributed by atoms with Gasteiger partial charge in [-0.05, 0) is 12.4 Å². The normalized spacial score (nSPS) is 9.24. The van der Waals surface area contributed by atoms with Crippen LogP contribution in [0.4, 0.5) is 4.79 Å². The zero-order chi connectivity index (χ0) is 12.5. The lowest BCUT2D eigenvalue weighted by molar-refractivity contribution is 0.0943. The fourth-order valence-corrected chi connectivity index (χ4v) is 1.13. The average molecular weight is 235 g/mol. The van der Waals surface area contributed by atoms with Gasteiger partial charge in [-0.1, -0.05) is 36.9 Å². The van der Waals surface area contributed by atoms with Crippen LogP contribution in [0.15, 0.2) is 43.2 Å². The molecule has 0 heterocycles. The smallest absolute Gasteiger partial charge is 0.538 e. The van der Waals surface area contributed by atoms with Crippen molar-refractivity contribution in [1.82, 2.24) is 5.48 Å². The molecule has 0 atom stereocenters. The summed E-state index contributed by atoms with van der Waals surface area (Å²) in [5.74, 6) is 0. The first kappa shape index (κ1) is 13.1. The van der Waals surface area contributed by atoms with Gasteiger partial charge in [0.1, 0.15) is 0 Å². The van der Waals surface area contributed by atoms with Crippen LogP contribution in [-0.2, 0) is 14.1 Å². The van der Waals surface area contributed by atoms with E-state index in [1.165, 1.54) is 6.26 Å². The van der Waals surface area contributed by atoms with Crippen LogP contribution in [0.25, 0.3) is 0 Å². The predicted molar refractivity (Wildman–Crippen MR) is 64.4 cm³/mol. The number of carbonyl (C=O) groups excluding carboxylic acids is 1. The van der Waals surface area contributed by atoms with E-state index in [4.69, 9.17) is 9.41 Å². The molecule has 1 N–H and O–H groups in total. The van der Waals surface area contributed by atoms with E-state index in [-0.39, 0.29) is 6.61 Å².